The van der Waals surface area contributed by atoms with E-state index in [9.17, 15) is 19.1 Å². The van der Waals surface area contributed by atoms with Crippen LogP contribution in [0.15, 0.2) is 90.5 Å². The number of ether oxygens (including phenoxy) is 3. The number of hydrogen-bond donors (Lipinski definition) is 1. The van der Waals surface area contributed by atoms with Crippen LogP contribution in [0.3, 0.4) is 0 Å². The molecule has 1 saturated heterocycles. The number of hydrogen-bond acceptors (Lipinski definition) is 8. The molecule has 1 amide bonds. The van der Waals surface area contributed by atoms with Gasteiger partial charge in [-0.05, 0) is 72.1 Å². The molecule has 10 heteroatoms. The monoisotopic (exact) mass is 622 g/mol. The number of nitrogens with zero attached hydrogens (tertiary/aromatic N) is 2. The third-order valence-corrected chi connectivity index (χ3v) is 8.92. The van der Waals surface area contributed by atoms with Gasteiger partial charge in [0.25, 0.3) is 5.78 Å². The van der Waals surface area contributed by atoms with E-state index in [0.717, 1.165) is 22.5 Å². The van der Waals surface area contributed by atoms with E-state index < -0.39 is 23.5 Å². The van der Waals surface area contributed by atoms with E-state index in [2.05, 4.69) is 4.98 Å². The molecule has 8 nitrogen and oxygen atoms in total. The van der Waals surface area contributed by atoms with Crippen LogP contribution in [-0.4, -0.2) is 35.0 Å². The molecule has 1 N–H and O–H groups in total. The summed E-state index contributed by atoms with van der Waals surface area (Å²) < 4.78 is 32.1. The van der Waals surface area contributed by atoms with Crippen molar-refractivity contribution in [2.75, 3.05) is 12.0 Å². The van der Waals surface area contributed by atoms with Gasteiger partial charge in [0, 0.05) is 12.0 Å². The number of thiazole rings is 1. The number of methoxy groups -OCH3 is 1. The second kappa shape index (κ2) is 11.4. The minimum Gasteiger partial charge on any atom is -0.507 e. The highest BCUT2D eigenvalue weighted by atomic mass is 32.1. The second-order valence-electron chi connectivity index (χ2n) is 10.9. The molecule has 4 aromatic carbocycles. The van der Waals surface area contributed by atoms with Gasteiger partial charge in [-0.2, -0.15) is 0 Å². The fraction of sp³-hybridized carbons (Fsp3) is 0.171. The highest BCUT2D eigenvalue weighted by molar-refractivity contribution is 7.22. The van der Waals surface area contributed by atoms with Crippen molar-refractivity contribution < 1.29 is 33.3 Å². The maximum Gasteiger partial charge on any atom is 0.301 e. The Kier molecular flexibility index (Phi) is 7.21. The molecule has 1 aromatic heterocycles. The number of benzene rings is 4. The Bertz CT molecular complexity index is 2010. The fourth-order valence-corrected chi connectivity index (χ4v) is 6.79. The molecule has 0 saturated carbocycles. The summed E-state index contributed by atoms with van der Waals surface area (Å²) in [6, 6.07) is 23.1. The molecule has 45 heavy (non-hydrogen) atoms. The zero-order valence-corrected chi connectivity index (χ0v) is 25.1. The summed E-state index contributed by atoms with van der Waals surface area (Å²) in [6.07, 6.45) is 0.639. The van der Waals surface area contributed by atoms with Crippen molar-refractivity contribution in [3.05, 3.63) is 119 Å². The predicted octanol–water partition coefficient (Wildman–Crippen LogP) is 6.97. The molecule has 2 aliphatic heterocycles. The molecular weight excluding hydrogens is 595 g/mol. The van der Waals surface area contributed by atoms with Gasteiger partial charge in [0.15, 0.2) is 16.6 Å². The van der Waals surface area contributed by atoms with Crippen LogP contribution in [0.5, 0.6) is 17.2 Å². The van der Waals surface area contributed by atoms with Gasteiger partial charge < -0.3 is 19.3 Å². The largest absolute Gasteiger partial charge is 0.507 e. The lowest BCUT2D eigenvalue weighted by Gasteiger charge is -2.24. The summed E-state index contributed by atoms with van der Waals surface area (Å²) in [7, 11) is 1.50. The molecule has 0 aliphatic carbocycles. The van der Waals surface area contributed by atoms with Gasteiger partial charge in [0.05, 0.1) is 28.9 Å². The van der Waals surface area contributed by atoms with E-state index in [1.807, 2.05) is 37.3 Å². The van der Waals surface area contributed by atoms with E-state index >= 15 is 0 Å². The van der Waals surface area contributed by atoms with E-state index in [4.69, 9.17) is 14.2 Å². The van der Waals surface area contributed by atoms with Crippen LogP contribution in [0, 0.1) is 5.82 Å². The molecular formula is C35H27FN2O6S. The molecule has 3 heterocycles. The number of aliphatic hydroxyl groups is 1. The molecule has 7 rings (SSSR count). The van der Waals surface area contributed by atoms with Crippen molar-refractivity contribution in [1.29, 1.82) is 0 Å². The number of ketones is 1. The average Bonchev–Trinajstić information content (AvgIpc) is 3.71. The Morgan fingerprint density at radius 3 is 2.67 bits per heavy atom. The first-order valence-corrected chi connectivity index (χ1v) is 15.1. The van der Waals surface area contributed by atoms with E-state index in [0.29, 0.717) is 51.6 Å². The van der Waals surface area contributed by atoms with Crippen LogP contribution < -0.4 is 19.1 Å². The topological polar surface area (TPSA) is 98.2 Å². The molecule has 5 aromatic rings. The number of rotatable bonds is 7. The zero-order valence-electron chi connectivity index (χ0n) is 24.3. The van der Waals surface area contributed by atoms with Gasteiger partial charge in [-0.3, -0.25) is 14.5 Å². The first-order chi connectivity index (χ1) is 21.8. The third-order valence-electron chi connectivity index (χ3n) is 7.90. The number of aliphatic hydroxyl groups excluding tert-OH is 1. The summed E-state index contributed by atoms with van der Waals surface area (Å²) in [5, 5.41) is 11.9. The standard InChI is InChI=1S/C35H27FN2O6S/c1-19-14-23-15-22(9-12-26(23)44-19)32(39)30-31(21-8-13-27(28(16-21)42-2)43-18-20-6-4-3-5-7-20)38(34(41)33(30)40)35-37-25-11-10-24(36)17-29(25)45-35/h3-13,15-17,19,31,39H,14,18H2,1-2H3/b32-30+/t19-,31-/m1/s1. The van der Waals surface area contributed by atoms with Crippen molar-refractivity contribution >= 4 is 44.1 Å². The van der Waals surface area contributed by atoms with Crippen LogP contribution >= 0.6 is 11.3 Å². The summed E-state index contributed by atoms with van der Waals surface area (Å²) in [5.41, 5.74) is 3.12. The Morgan fingerprint density at radius 2 is 1.87 bits per heavy atom. The molecule has 0 radical (unpaired) electrons. The Morgan fingerprint density at radius 1 is 1.04 bits per heavy atom. The van der Waals surface area contributed by atoms with Gasteiger partial charge in [-0.25, -0.2) is 9.37 Å². The average molecular weight is 623 g/mol. The molecule has 2 aliphatic rings. The predicted molar refractivity (Wildman–Crippen MR) is 168 cm³/mol. The van der Waals surface area contributed by atoms with Crippen molar-refractivity contribution in [1.82, 2.24) is 4.98 Å². The van der Waals surface area contributed by atoms with Crippen LogP contribution in [-0.2, 0) is 22.6 Å². The lowest BCUT2D eigenvalue weighted by molar-refractivity contribution is -0.132. The highest BCUT2D eigenvalue weighted by Gasteiger charge is 2.48. The summed E-state index contributed by atoms with van der Waals surface area (Å²) in [4.78, 5) is 33.3. The molecule has 226 valence electrons. The van der Waals surface area contributed by atoms with E-state index in [-0.39, 0.29) is 22.6 Å². The van der Waals surface area contributed by atoms with Crippen molar-refractivity contribution in [3.8, 4) is 17.2 Å². The quantitative estimate of drug-likeness (QED) is 0.119. The number of aromatic nitrogens is 1. The van der Waals surface area contributed by atoms with E-state index in [1.54, 1.807) is 36.4 Å². The lowest BCUT2D eigenvalue weighted by atomic mass is 9.94. The van der Waals surface area contributed by atoms with Crippen molar-refractivity contribution in [3.63, 3.8) is 0 Å². The number of anilines is 1. The van der Waals surface area contributed by atoms with E-state index in [1.165, 1.54) is 30.2 Å². The minimum atomic E-state index is -1.06. The smallest absolute Gasteiger partial charge is 0.301 e. The first kappa shape index (κ1) is 28.5. The maximum absolute atomic E-state index is 14.0. The zero-order chi connectivity index (χ0) is 31.2. The van der Waals surface area contributed by atoms with Crippen LogP contribution in [0.1, 0.15) is 35.2 Å². The van der Waals surface area contributed by atoms with Crippen LogP contribution in [0.2, 0.25) is 0 Å². The van der Waals surface area contributed by atoms with Gasteiger partial charge in [0.2, 0.25) is 0 Å². The highest BCUT2D eigenvalue weighted by Crippen LogP contribution is 2.46. The van der Waals surface area contributed by atoms with Crippen molar-refractivity contribution in [2.24, 2.45) is 0 Å². The number of fused-ring (bicyclic) bond motifs is 2. The SMILES string of the molecule is COc1cc([C@@H]2/C(=C(\O)c3ccc4c(c3)C[C@@H](C)O4)C(=O)C(=O)N2c2nc3ccc(F)cc3s2)ccc1OCc1ccccc1. The molecule has 0 spiro atoms. The number of Topliss-reactive ketones (excluding diaryl/α,β-unsaturated/α-hetero) is 1. The molecule has 0 unspecified atom stereocenters. The molecule has 2 atom stereocenters. The molecule has 1 fully saturated rings. The van der Waals surface area contributed by atoms with Crippen molar-refractivity contribution in [2.45, 2.75) is 32.1 Å². The Hall–Kier alpha value is -5.22. The lowest BCUT2D eigenvalue weighted by Crippen LogP contribution is -2.29. The normalized spacial score (nSPS) is 18.7. The number of amides is 1. The van der Waals surface area contributed by atoms with Crippen LogP contribution in [0.4, 0.5) is 9.52 Å². The van der Waals surface area contributed by atoms with Gasteiger partial charge >= 0.3 is 5.91 Å². The first-order valence-electron chi connectivity index (χ1n) is 14.3. The van der Waals surface area contributed by atoms with Gasteiger partial charge in [-0.1, -0.05) is 47.7 Å². The summed E-state index contributed by atoms with van der Waals surface area (Å²) in [6.45, 7) is 2.26. The fourth-order valence-electron chi connectivity index (χ4n) is 5.77. The Balaban J connectivity index is 1.35. The van der Waals surface area contributed by atoms with Crippen LogP contribution in [0.25, 0.3) is 16.0 Å². The summed E-state index contributed by atoms with van der Waals surface area (Å²) >= 11 is 1.08. The minimum absolute atomic E-state index is 0.0121. The maximum atomic E-state index is 14.0. The second-order valence-corrected chi connectivity index (χ2v) is 11.9. The third kappa shape index (κ3) is 5.17. The summed E-state index contributed by atoms with van der Waals surface area (Å²) in [5.74, 6) is -0.928. The van der Waals surface area contributed by atoms with Gasteiger partial charge in [0.1, 0.15) is 30.0 Å². The number of carbonyl (C=O) groups is 2. The Labute approximate surface area is 261 Å². The molecule has 0 bridgehead atoms. The number of carbonyl (C=O) groups excluding carboxylic acids is 2. The van der Waals surface area contributed by atoms with Gasteiger partial charge in [-0.15, -0.1) is 0 Å². The number of halogens is 1.